The Bertz CT molecular complexity index is 1460. The van der Waals surface area contributed by atoms with E-state index in [2.05, 4.69) is 40.7 Å². The molecule has 0 aromatic heterocycles. The van der Waals surface area contributed by atoms with Gasteiger partial charge in [-0.15, -0.1) is 0 Å². The maximum Gasteiger partial charge on any atom is 0.186 e. The van der Waals surface area contributed by atoms with Crippen molar-refractivity contribution < 1.29 is 70.0 Å². The van der Waals surface area contributed by atoms with Crippen LogP contribution in [0.1, 0.15) is 99.3 Å². The molecule has 0 aromatic carbocycles. The Hall–Kier alpha value is -0.820. The van der Waals surface area contributed by atoms with Gasteiger partial charge in [-0.3, -0.25) is 0 Å². The van der Waals surface area contributed by atoms with Gasteiger partial charge in [0.1, 0.15) is 48.8 Å². The van der Waals surface area contributed by atoms with Crippen LogP contribution in [0.25, 0.3) is 0 Å². The molecule has 7 aliphatic rings. The zero-order valence-electron chi connectivity index (χ0n) is 34.0. The van der Waals surface area contributed by atoms with Gasteiger partial charge < -0.3 is 70.0 Å². The molecule has 14 heteroatoms. The van der Waals surface area contributed by atoms with Crippen LogP contribution in [0.5, 0.6) is 0 Å². The zero-order valence-corrected chi connectivity index (χ0v) is 34.0. The van der Waals surface area contributed by atoms with Crippen molar-refractivity contribution in [1.29, 1.82) is 0 Å². The van der Waals surface area contributed by atoms with Gasteiger partial charge in [0, 0.05) is 10.8 Å². The number of ether oxygens (including phenoxy) is 4. The predicted octanol–water partition coefficient (Wildman–Crippen LogP) is 0.733. The average molecular weight is 799 g/mol. The normalized spacial score (nSPS) is 57.3. The summed E-state index contributed by atoms with van der Waals surface area (Å²) >= 11 is 0. The Morgan fingerprint density at radius 1 is 0.661 bits per heavy atom. The summed E-state index contributed by atoms with van der Waals surface area (Å²) in [5.74, 6) is 0.362. The molecule has 322 valence electrons. The van der Waals surface area contributed by atoms with Crippen molar-refractivity contribution in [2.75, 3.05) is 26.4 Å². The fourth-order valence-electron chi connectivity index (χ4n) is 13.7. The van der Waals surface area contributed by atoms with Gasteiger partial charge >= 0.3 is 0 Å². The standard InChI is InChI=1S/C42H70O14/c1-37(20-53-35-33(51)31(49)29(47)23(17-43)54-35)13-14-38(2)22(15-37)21-7-8-26-39(3)11-10-28(56-36-34(52)32(50)30(48)24(18-44)55-36)40(4,19-45)25(39)9-12-41(26,5)42(21,6)16-27(38)46/h7,22-36,43-52H,8-20H2,1-6H3. The molecule has 6 fully saturated rings. The summed E-state index contributed by atoms with van der Waals surface area (Å²) in [6.07, 6.45) is -5.30. The van der Waals surface area contributed by atoms with Gasteiger partial charge in [0.2, 0.25) is 0 Å². The van der Waals surface area contributed by atoms with Crippen molar-refractivity contribution in [3.05, 3.63) is 11.6 Å². The lowest BCUT2D eigenvalue weighted by molar-refractivity contribution is -0.333. The van der Waals surface area contributed by atoms with E-state index in [9.17, 15) is 51.1 Å². The third-order valence-electron chi connectivity index (χ3n) is 17.7. The summed E-state index contributed by atoms with van der Waals surface area (Å²) in [5.41, 5.74) is -0.685. The average Bonchev–Trinajstić information content (AvgIpc) is 3.16. The summed E-state index contributed by atoms with van der Waals surface area (Å²) in [6.45, 7) is 12.6. The number of fused-ring (bicyclic) bond motifs is 7. The number of allylic oxidation sites excluding steroid dienone is 2. The molecule has 14 nitrogen and oxygen atoms in total. The van der Waals surface area contributed by atoms with Crippen LogP contribution >= 0.6 is 0 Å². The second-order valence-electron chi connectivity index (χ2n) is 20.6. The Labute approximate surface area is 330 Å². The van der Waals surface area contributed by atoms with Crippen LogP contribution in [0.4, 0.5) is 0 Å². The van der Waals surface area contributed by atoms with Crippen LogP contribution < -0.4 is 0 Å². The van der Waals surface area contributed by atoms with E-state index in [-0.39, 0.29) is 58.0 Å². The Kier molecular flexibility index (Phi) is 11.6. The summed E-state index contributed by atoms with van der Waals surface area (Å²) < 4.78 is 24.0. The second-order valence-corrected chi connectivity index (χ2v) is 20.6. The lowest BCUT2D eigenvalue weighted by Crippen LogP contribution is -2.67. The fraction of sp³-hybridized carbons (Fsp3) is 0.952. The number of hydrogen-bond donors (Lipinski definition) is 10. The molecule has 0 bridgehead atoms. The molecule has 7 rings (SSSR count). The van der Waals surface area contributed by atoms with Gasteiger partial charge in [0.05, 0.1) is 38.6 Å². The van der Waals surface area contributed by atoms with Crippen molar-refractivity contribution >= 4 is 0 Å². The van der Waals surface area contributed by atoms with Gasteiger partial charge in [-0.05, 0) is 97.2 Å². The molecule has 21 atom stereocenters. The van der Waals surface area contributed by atoms with Crippen LogP contribution in [0.3, 0.4) is 0 Å². The van der Waals surface area contributed by atoms with E-state index in [0.717, 1.165) is 44.9 Å². The molecular formula is C42H70O14. The SMILES string of the molecule is CC1(COC2OC(CO)C(O)C(O)C2O)CCC2(C)C(O)CC3(C)C(=CCC4C5(C)CCC(OC6OC(CO)C(O)C(O)C6O)C(C)(CO)C5CCC43C)C2C1. The van der Waals surface area contributed by atoms with Crippen molar-refractivity contribution in [1.82, 2.24) is 0 Å². The molecular weight excluding hydrogens is 728 g/mol. The highest BCUT2D eigenvalue weighted by Gasteiger charge is 2.70. The smallest absolute Gasteiger partial charge is 0.186 e. The fourth-order valence-corrected chi connectivity index (χ4v) is 13.7. The van der Waals surface area contributed by atoms with Gasteiger partial charge in [-0.25, -0.2) is 0 Å². The predicted molar refractivity (Wildman–Crippen MR) is 200 cm³/mol. The summed E-state index contributed by atoms with van der Waals surface area (Å²) in [4.78, 5) is 0. The summed E-state index contributed by atoms with van der Waals surface area (Å²) in [7, 11) is 0. The van der Waals surface area contributed by atoms with E-state index < -0.39 is 92.2 Å². The lowest BCUT2D eigenvalue weighted by Gasteiger charge is -2.72. The molecule has 5 aliphatic carbocycles. The first-order valence-corrected chi connectivity index (χ1v) is 21.1. The van der Waals surface area contributed by atoms with E-state index in [1.807, 2.05) is 6.92 Å². The first-order valence-electron chi connectivity index (χ1n) is 21.1. The van der Waals surface area contributed by atoms with Gasteiger partial charge in [0.15, 0.2) is 12.6 Å². The summed E-state index contributed by atoms with van der Waals surface area (Å²) in [6, 6.07) is 0. The quantitative estimate of drug-likeness (QED) is 0.120. The Balaban J connectivity index is 1.13. The maximum atomic E-state index is 12.2. The molecule has 0 spiro atoms. The molecule has 0 radical (unpaired) electrons. The van der Waals surface area contributed by atoms with Crippen LogP contribution in [0, 0.1) is 50.2 Å². The number of aliphatic hydroxyl groups is 10. The minimum atomic E-state index is -1.55. The first kappa shape index (κ1) is 43.3. The lowest BCUT2D eigenvalue weighted by atomic mass is 9.33. The number of aliphatic hydroxyl groups excluding tert-OH is 10. The molecule has 2 saturated heterocycles. The molecule has 2 aliphatic heterocycles. The Morgan fingerprint density at radius 3 is 1.88 bits per heavy atom. The van der Waals surface area contributed by atoms with E-state index in [1.165, 1.54) is 5.57 Å². The minimum absolute atomic E-state index is 0.0524. The van der Waals surface area contributed by atoms with Crippen LogP contribution in [0.15, 0.2) is 11.6 Å². The number of hydrogen-bond acceptors (Lipinski definition) is 14. The molecule has 2 heterocycles. The highest BCUT2D eigenvalue weighted by atomic mass is 16.7. The van der Waals surface area contributed by atoms with Gasteiger partial charge in [-0.2, -0.15) is 0 Å². The molecule has 0 amide bonds. The van der Waals surface area contributed by atoms with Crippen molar-refractivity contribution in [3.8, 4) is 0 Å². The zero-order chi connectivity index (χ0) is 41.0. The Morgan fingerprint density at radius 2 is 1.27 bits per heavy atom. The topological polar surface area (TPSA) is 239 Å². The molecule has 0 aromatic rings. The van der Waals surface area contributed by atoms with E-state index in [4.69, 9.17) is 18.9 Å². The second kappa shape index (κ2) is 15.0. The van der Waals surface area contributed by atoms with Crippen molar-refractivity contribution in [3.63, 3.8) is 0 Å². The van der Waals surface area contributed by atoms with Gasteiger partial charge in [0.25, 0.3) is 0 Å². The highest BCUT2D eigenvalue weighted by molar-refractivity contribution is 5.35. The number of rotatable bonds is 8. The van der Waals surface area contributed by atoms with Crippen molar-refractivity contribution in [2.24, 2.45) is 50.2 Å². The van der Waals surface area contributed by atoms with Gasteiger partial charge in [-0.1, -0.05) is 53.2 Å². The monoisotopic (exact) mass is 798 g/mol. The van der Waals surface area contributed by atoms with E-state index in [0.29, 0.717) is 12.8 Å². The third-order valence-corrected chi connectivity index (χ3v) is 17.7. The molecule has 56 heavy (non-hydrogen) atoms. The minimum Gasteiger partial charge on any atom is -0.396 e. The molecule has 10 N–H and O–H groups in total. The molecule has 4 saturated carbocycles. The summed E-state index contributed by atoms with van der Waals surface area (Å²) in [5, 5.41) is 106. The highest BCUT2D eigenvalue weighted by Crippen LogP contribution is 2.76. The van der Waals surface area contributed by atoms with E-state index >= 15 is 0 Å². The van der Waals surface area contributed by atoms with E-state index in [1.54, 1.807) is 0 Å². The van der Waals surface area contributed by atoms with Crippen LogP contribution in [-0.2, 0) is 18.9 Å². The van der Waals surface area contributed by atoms with Crippen molar-refractivity contribution in [2.45, 2.75) is 173 Å². The molecule has 21 unspecified atom stereocenters. The third kappa shape index (κ3) is 6.34. The van der Waals surface area contributed by atoms with Crippen LogP contribution in [-0.4, -0.2) is 151 Å². The maximum absolute atomic E-state index is 12.2. The van der Waals surface area contributed by atoms with Crippen LogP contribution in [0.2, 0.25) is 0 Å². The largest absolute Gasteiger partial charge is 0.396 e. The first-order chi connectivity index (χ1) is 26.2.